The Balaban J connectivity index is 2.69. The molecular weight excluding hydrogens is 202 g/mol. The molecule has 1 aromatic carbocycles. The minimum absolute atomic E-state index is 0.00693. The Bertz CT molecular complexity index is 381. The smallest absolute Gasteiger partial charge is 0.227 e. The molecule has 0 heterocycles. The Labute approximate surface area is 95.9 Å². The summed E-state index contributed by atoms with van der Waals surface area (Å²) in [6.07, 6.45) is 0.817. The monoisotopic (exact) mass is 219 g/mol. The fourth-order valence-corrected chi connectivity index (χ4v) is 1.24. The molecule has 0 aliphatic heterocycles. The maximum atomic E-state index is 11.6. The molecule has 0 fully saturated rings. The lowest BCUT2D eigenvalue weighted by atomic mass is 10.1. The second kappa shape index (κ2) is 5.45. The van der Waals surface area contributed by atoms with Crippen LogP contribution >= 0.6 is 0 Å². The van der Waals surface area contributed by atoms with Gasteiger partial charge in [0.1, 0.15) is 0 Å². The molecule has 0 saturated carbocycles. The van der Waals surface area contributed by atoms with E-state index in [1.54, 1.807) is 24.3 Å². The summed E-state index contributed by atoms with van der Waals surface area (Å²) < 4.78 is 0. The van der Waals surface area contributed by atoms with Gasteiger partial charge >= 0.3 is 0 Å². The Morgan fingerprint density at radius 3 is 2.25 bits per heavy atom. The molecule has 1 rings (SSSR count). The van der Waals surface area contributed by atoms with Crippen molar-refractivity contribution in [2.75, 3.05) is 5.32 Å². The zero-order chi connectivity index (χ0) is 12.1. The van der Waals surface area contributed by atoms with E-state index in [0.29, 0.717) is 5.56 Å². The lowest BCUT2D eigenvalue weighted by molar-refractivity contribution is -0.119. The predicted octanol–water partition coefficient (Wildman–Crippen LogP) is 2.87. The number of carbonyl (C=O) groups is 2. The Hall–Kier alpha value is -1.64. The Morgan fingerprint density at radius 2 is 1.81 bits per heavy atom. The Kier molecular flexibility index (Phi) is 4.23. The molecule has 0 unspecified atom stereocenters. The summed E-state index contributed by atoms with van der Waals surface area (Å²) in [5, 5.41) is 2.81. The quantitative estimate of drug-likeness (QED) is 0.791. The zero-order valence-electron chi connectivity index (χ0n) is 9.91. The van der Waals surface area contributed by atoms with Crippen LogP contribution in [0.25, 0.3) is 0 Å². The van der Waals surface area contributed by atoms with Gasteiger partial charge in [0, 0.05) is 17.2 Å². The average molecular weight is 219 g/mol. The molecule has 86 valence electrons. The summed E-state index contributed by atoms with van der Waals surface area (Å²) in [6, 6.07) is 6.93. The van der Waals surface area contributed by atoms with Gasteiger partial charge in [-0.3, -0.25) is 9.59 Å². The van der Waals surface area contributed by atoms with E-state index in [4.69, 9.17) is 0 Å². The van der Waals surface area contributed by atoms with Crippen molar-refractivity contribution in [3.05, 3.63) is 29.8 Å². The maximum Gasteiger partial charge on any atom is 0.227 e. The lowest BCUT2D eigenvalue weighted by Gasteiger charge is -2.09. The van der Waals surface area contributed by atoms with Crippen molar-refractivity contribution in [3.63, 3.8) is 0 Å². The van der Waals surface area contributed by atoms with Crippen molar-refractivity contribution in [1.82, 2.24) is 0 Å². The van der Waals surface area contributed by atoms with E-state index in [0.717, 1.165) is 12.1 Å². The van der Waals surface area contributed by atoms with Crippen LogP contribution in [0.5, 0.6) is 0 Å². The molecule has 1 N–H and O–H groups in total. The van der Waals surface area contributed by atoms with Gasteiger partial charge in [-0.05, 0) is 37.6 Å². The molecule has 0 radical (unpaired) electrons. The van der Waals surface area contributed by atoms with Crippen LogP contribution in [0.4, 0.5) is 5.69 Å². The van der Waals surface area contributed by atoms with Crippen molar-refractivity contribution in [2.45, 2.75) is 27.2 Å². The van der Waals surface area contributed by atoms with E-state index >= 15 is 0 Å². The van der Waals surface area contributed by atoms with E-state index < -0.39 is 0 Å². The maximum absolute atomic E-state index is 11.6. The highest BCUT2D eigenvalue weighted by Gasteiger charge is 2.10. The highest BCUT2D eigenvalue weighted by molar-refractivity contribution is 5.96. The molecule has 1 atom stereocenters. The average Bonchev–Trinajstić information content (AvgIpc) is 2.28. The van der Waals surface area contributed by atoms with E-state index in [9.17, 15) is 9.59 Å². The molecule has 0 bridgehead atoms. The van der Waals surface area contributed by atoms with Crippen LogP contribution < -0.4 is 5.32 Å². The number of anilines is 1. The van der Waals surface area contributed by atoms with Crippen molar-refractivity contribution in [2.24, 2.45) is 5.92 Å². The van der Waals surface area contributed by atoms with Crippen molar-refractivity contribution in [3.8, 4) is 0 Å². The van der Waals surface area contributed by atoms with Crippen molar-refractivity contribution in [1.29, 1.82) is 0 Å². The number of nitrogens with one attached hydrogen (secondary N) is 1. The summed E-state index contributed by atoms with van der Waals surface area (Å²) in [5.41, 5.74) is 1.39. The molecule has 0 aliphatic rings. The normalized spacial score (nSPS) is 11.9. The number of hydrogen-bond acceptors (Lipinski definition) is 2. The van der Waals surface area contributed by atoms with E-state index in [-0.39, 0.29) is 17.6 Å². The predicted molar refractivity (Wildman–Crippen MR) is 64.5 cm³/mol. The SMILES string of the molecule is CC[C@@H](C)C(=O)Nc1ccc(C(C)=O)cc1. The third-order valence-corrected chi connectivity index (χ3v) is 2.62. The fraction of sp³-hybridized carbons (Fsp3) is 0.385. The molecule has 3 nitrogen and oxygen atoms in total. The minimum Gasteiger partial charge on any atom is -0.326 e. The molecule has 1 aromatic rings. The van der Waals surface area contributed by atoms with Crippen LogP contribution in [-0.4, -0.2) is 11.7 Å². The van der Waals surface area contributed by atoms with Gasteiger partial charge in [-0.25, -0.2) is 0 Å². The first-order valence-electron chi connectivity index (χ1n) is 5.46. The first kappa shape index (κ1) is 12.4. The highest BCUT2D eigenvalue weighted by atomic mass is 16.1. The largest absolute Gasteiger partial charge is 0.326 e. The summed E-state index contributed by atoms with van der Waals surface area (Å²) in [7, 11) is 0. The first-order valence-corrected chi connectivity index (χ1v) is 5.46. The van der Waals surface area contributed by atoms with Crippen LogP contribution in [0, 0.1) is 5.92 Å². The third kappa shape index (κ3) is 3.19. The molecule has 0 aliphatic carbocycles. The minimum atomic E-state index is 0.00693. The molecular formula is C13H17NO2. The molecule has 0 aromatic heterocycles. The van der Waals surface area contributed by atoms with Gasteiger partial charge in [-0.2, -0.15) is 0 Å². The van der Waals surface area contributed by atoms with Crippen molar-refractivity contribution < 1.29 is 9.59 Å². The number of hydrogen-bond donors (Lipinski definition) is 1. The van der Waals surface area contributed by atoms with Gasteiger partial charge in [0.05, 0.1) is 0 Å². The van der Waals surface area contributed by atoms with Crippen LogP contribution in [0.3, 0.4) is 0 Å². The second-order valence-electron chi connectivity index (χ2n) is 3.93. The third-order valence-electron chi connectivity index (χ3n) is 2.62. The molecule has 3 heteroatoms. The van der Waals surface area contributed by atoms with Gasteiger partial charge in [0.15, 0.2) is 5.78 Å². The summed E-state index contributed by atoms with van der Waals surface area (Å²) in [6.45, 7) is 5.38. The van der Waals surface area contributed by atoms with Crippen LogP contribution in [-0.2, 0) is 4.79 Å². The Morgan fingerprint density at radius 1 is 1.25 bits per heavy atom. The van der Waals surface area contributed by atoms with E-state index in [1.165, 1.54) is 6.92 Å². The number of amides is 1. The fourth-order valence-electron chi connectivity index (χ4n) is 1.24. The van der Waals surface area contributed by atoms with Gasteiger partial charge in [0.25, 0.3) is 0 Å². The topological polar surface area (TPSA) is 46.2 Å². The standard InChI is InChI=1S/C13H17NO2/c1-4-9(2)13(16)14-12-7-5-11(6-8-12)10(3)15/h5-9H,4H2,1-3H3,(H,14,16)/t9-/m1/s1. The van der Waals surface area contributed by atoms with E-state index in [1.807, 2.05) is 13.8 Å². The zero-order valence-corrected chi connectivity index (χ0v) is 9.91. The lowest BCUT2D eigenvalue weighted by Crippen LogP contribution is -2.19. The number of benzene rings is 1. The number of ketones is 1. The molecule has 0 spiro atoms. The molecule has 16 heavy (non-hydrogen) atoms. The highest BCUT2D eigenvalue weighted by Crippen LogP contribution is 2.12. The second-order valence-corrected chi connectivity index (χ2v) is 3.93. The van der Waals surface area contributed by atoms with Crippen LogP contribution in [0.2, 0.25) is 0 Å². The summed E-state index contributed by atoms with van der Waals surface area (Å²) >= 11 is 0. The van der Waals surface area contributed by atoms with Gasteiger partial charge in [0.2, 0.25) is 5.91 Å². The summed E-state index contributed by atoms with van der Waals surface area (Å²) in [4.78, 5) is 22.6. The van der Waals surface area contributed by atoms with Crippen LogP contribution in [0.15, 0.2) is 24.3 Å². The first-order chi connectivity index (χ1) is 7.54. The summed E-state index contributed by atoms with van der Waals surface area (Å²) in [5.74, 6) is 0.0466. The van der Waals surface area contributed by atoms with Gasteiger partial charge in [-0.15, -0.1) is 0 Å². The molecule has 0 saturated heterocycles. The van der Waals surface area contributed by atoms with Gasteiger partial charge < -0.3 is 5.32 Å². The molecule has 1 amide bonds. The van der Waals surface area contributed by atoms with Crippen molar-refractivity contribution >= 4 is 17.4 Å². The number of carbonyl (C=O) groups excluding carboxylic acids is 2. The van der Waals surface area contributed by atoms with Crippen LogP contribution in [0.1, 0.15) is 37.6 Å². The number of Topliss-reactive ketones (excluding diaryl/α,β-unsaturated/α-hetero) is 1. The van der Waals surface area contributed by atoms with E-state index in [2.05, 4.69) is 5.32 Å². The van der Waals surface area contributed by atoms with Gasteiger partial charge in [-0.1, -0.05) is 13.8 Å². The number of rotatable bonds is 4.